The van der Waals surface area contributed by atoms with Crippen molar-refractivity contribution in [1.29, 1.82) is 0 Å². The highest BCUT2D eigenvalue weighted by Gasteiger charge is 2.45. The van der Waals surface area contributed by atoms with Crippen molar-refractivity contribution in [2.24, 2.45) is 5.41 Å². The van der Waals surface area contributed by atoms with E-state index in [1.807, 2.05) is 6.08 Å². The van der Waals surface area contributed by atoms with Crippen LogP contribution in [-0.2, 0) is 4.43 Å². The molecule has 0 aliphatic carbocycles. The van der Waals surface area contributed by atoms with Gasteiger partial charge in [-0.3, -0.25) is 0 Å². The Morgan fingerprint density at radius 2 is 1.50 bits per heavy atom. The molecule has 22 heavy (non-hydrogen) atoms. The maximum Gasteiger partial charge on any atom is 0.480 e. The van der Waals surface area contributed by atoms with Crippen molar-refractivity contribution in [1.82, 2.24) is 0 Å². The van der Waals surface area contributed by atoms with E-state index in [0.717, 1.165) is 31.0 Å². The fourth-order valence-corrected chi connectivity index (χ4v) is 6.45. The summed E-state index contributed by atoms with van der Waals surface area (Å²) in [6, 6.07) is 3.39. The summed E-state index contributed by atoms with van der Waals surface area (Å²) in [4.78, 5) is 0. The molecule has 3 nitrogen and oxygen atoms in total. The summed E-state index contributed by atoms with van der Waals surface area (Å²) in [5.74, 6) is 1.44. The summed E-state index contributed by atoms with van der Waals surface area (Å²) in [6.07, 6.45) is 4.80. The van der Waals surface area contributed by atoms with Crippen LogP contribution in [0.1, 0.15) is 67.7 Å². The Balaban J connectivity index is 5.49. The van der Waals surface area contributed by atoms with Crippen LogP contribution >= 0.6 is 0 Å². The highest BCUT2D eigenvalue weighted by Crippen LogP contribution is 2.44. The van der Waals surface area contributed by atoms with Crippen LogP contribution in [0.4, 0.5) is 0 Å². The molecule has 0 aliphatic rings. The molecular weight excluding hydrogens is 291 g/mol. The van der Waals surface area contributed by atoms with Crippen molar-refractivity contribution < 1.29 is 14.5 Å². The molecule has 0 aromatic rings. The lowest BCUT2D eigenvalue weighted by molar-refractivity contribution is -0.0396. The Bertz CT molecular complexity index is 333. The van der Waals surface area contributed by atoms with E-state index in [9.17, 15) is 0 Å². The van der Waals surface area contributed by atoms with Gasteiger partial charge in [-0.2, -0.15) is 0 Å². The summed E-state index contributed by atoms with van der Waals surface area (Å²) >= 11 is 0. The minimum atomic E-state index is -1.73. The molecule has 0 fully saturated rings. The van der Waals surface area contributed by atoms with E-state index in [1.54, 1.807) is 0 Å². The van der Waals surface area contributed by atoms with E-state index in [-0.39, 0.29) is 11.0 Å². The average Bonchev–Trinajstić information content (AvgIpc) is 2.44. The second-order valence-corrected chi connectivity index (χ2v) is 11.9. The third kappa shape index (κ3) is 5.84. The van der Waals surface area contributed by atoms with Crippen LogP contribution in [0.25, 0.3) is 0 Å². The molecule has 0 aromatic carbocycles. The Morgan fingerprint density at radius 3 is 1.86 bits per heavy atom. The molecule has 5 heteroatoms. The molecule has 0 aromatic heterocycles. The van der Waals surface area contributed by atoms with Crippen molar-refractivity contribution in [3.63, 3.8) is 0 Å². The molecule has 0 aliphatic heterocycles. The zero-order valence-electron chi connectivity index (χ0n) is 15.8. The highest BCUT2D eigenvalue weighted by molar-refractivity contribution is 6.73. The molecule has 1 atom stereocenters. The topological polar surface area (TPSA) is 49.7 Å². The minimum absolute atomic E-state index is 0.0459. The second kappa shape index (κ2) is 9.26. The smallest absolute Gasteiger partial charge is 0.424 e. The first-order valence-corrected chi connectivity index (χ1v) is 11.4. The van der Waals surface area contributed by atoms with Gasteiger partial charge in [-0.05, 0) is 43.3 Å². The lowest BCUT2D eigenvalue weighted by Crippen LogP contribution is -2.53. The molecule has 0 saturated heterocycles. The van der Waals surface area contributed by atoms with Gasteiger partial charge in [0.2, 0.25) is 0 Å². The number of hydrogen-bond acceptors (Lipinski definition) is 3. The van der Waals surface area contributed by atoms with Gasteiger partial charge >= 0.3 is 7.12 Å². The van der Waals surface area contributed by atoms with Crippen LogP contribution in [0.2, 0.25) is 18.1 Å². The van der Waals surface area contributed by atoms with Gasteiger partial charge in [-0.15, -0.1) is 0 Å². The number of hydrogen-bond donors (Lipinski definition) is 2. The van der Waals surface area contributed by atoms with Crippen molar-refractivity contribution in [3.05, 3.63) is 12.1 Å². The van der Waals surface area contributed by atoms with Crippen LogP contribution < -0.4 is 0 Å². The molecule has 1 unspecified atom stereocenters. The normalized spacial score (nSPS) is 16.0. The van der Waals surface area contributed by atoms with Crippen LogP contribution in [0.15, 0.2) is 12.1 Å². The standard InChI is InChI=1S/C17H37BO3Si/c1-8-13-16(5,6)17(7,14-12-15-18(19)20)21-22(9-2,10-3)11-4/h12,15,19-20H,8-11,13-14H2,1-7H3/b15-12+. The Morgan fingerprint density at radius 1 is 1.00 bits per heavy atom. The first-order chi connectivity index (χ1) is 10.1. The molecular formula is C17H37BO3Si. The predicted octanol–water partition coefficient (Wildman–Crippen LogP) is 4.55. The molecule has 0 spiro atoms. The van der Waals surface area contributed by atoms with Gasteiger partial charge in [0.1, 0.15) is 0 Å². The lowest BCUT2D eigenvalue weighted by Gasteiger charge is -2.49. The van der Waals surface area contributed by atoms with Crippen LogP contribution in [-0.4, -0.2) is 31.1 Å². The second-order valence-electron chi connectivity index (χ2n) is 7.26. The van der Waals surface area contributed by atoms with Crippen molar-refractivity contribution in [3.8, 4) is 0 Å². The largest absolute Gasteiger partial charge is 0.480 e. The zero-order chi connectivity index (χ0) is 17.4. The third-order valence-electron chi connectivity index (χ3n) is 5.50. The van der Waals surface area contributed by atoms with Gasteiger partial charge in [0.25, 0.3) is 0 Å². The van der Waals surface area contributed by atoms with E-state index in [4.69, 9.17) is 14.5 Å². The third-order valence-corrected chi connectivity index (χ3v) is 10.2. The monoisotopic (exact) mass is 328 g/mol. The molecule has 0 heterocycles. The Hall–Kier alpha value is -0.0982. The fourth-order valence-electron chi connectivity index (χ4n) is 3.20. The van der Waals surface area contributed by atoms with E-state index >= 15 is 0 Å². The predicted molar refractivity (Wildman–Crippen MR) is 99.3 cm³/mol. The van der Waals surface area contributed by atoms with E-state index < -0.39 is 15.4 Å². The molecule has 0 bridgehead atoms. The van der Waals surface area contributed by atoms with Crippen LogP contribution in [0.3, 0.4) is 0 Å². The van der Waals surface area contributed by atoms with E-state index in [0.29, 0.717) is 6.42 Å². The maximum atomic E-state index is 9.06. The molecule has 130 valence electrons. The average molecular weight is 328 g/mol. The maximum absolute atomic E-state index is 9.06. The fraction of sp³-hybridized carbons (Fsp3) is 0.882. The molecule has 0 saturated carbocycles. The summed E-state index contributed by atoms with van der Waals surface area (Å²) in [5, 5.41) is 18.1. The molecule has 0 amide bonds. The molecule has 0 rings (SSSR count). The SMILES string of the molecule is CCCC(C)(C)C(C)(C/C=C/B(O)O)O[Si](CC)(CC)CC. The zero-order valence-corrected chi connectivity index (χ0v) is 16.8. The van der Waals surface area contributed by atoms with Crippen LogP contribution in [0.5, 0.6) is 0 Å². The van der Waals surface area contributed by atoms with Gasteiger partial charge in [0, 0.05) is 0 Å². The lowest BCUT2D eigenvalue weighted by atomic mass is 9.71. The molecule has 2 N–H and O–H groups in total. The number of rotatable bonds is 11. The first kappa shape index (κ1) is 21.9. The summed E-state index contributed by atoms with van der Waals surface area (Å²) in [6.45, 7) is 15.7. The van der Waals surface area contributed by atoms with Gasteiger partial charge in [-0.25, -0.2) is 0 Å². The van der Waals surface area contributed by atoms with Gasteiger partial charge < -0.3 is 14.5 Å². The molecule has 0 radical (unpaired) electrons. The quantitative estimate of drug-likeness (QED) is 0.547. The summed E-state index contributed by atoms with van der Waals surface area (Å²) in [7, 11) is -3.11. The van der Waals surface area contributed by atoms with Crippen molar-refractivity contribution in [2.45, 2.75) is 91.5 Å². The highest BCUT2D eigenvalue weighted by atomic mass is 28.4. The van der Waals surface area contributed by atoms with E-state index in [2.05, 4.69) is 48.5 Å². The van der Waals surface area contributed by atoms with E-state index in [1.165, 1.54) is 5.98 Å². The van der Waals surface area contributed by atoms with Crippen molar-refractivity contribution in [2.75, 3.05) is 0 Å². The van der Waals surface area contributed by atoms with Gasteiger partial charge in [0.15, 0.2) is 8.32 Å². The summed E-state index contributed by atoms with van der Waals surface area (Å²) in [5.41, 5.74) is -0.229. The van der Waals surface area contributed by atoms with Crippen molar-refractivity contribution >= 4 is 15.4 Å². The Kier molecular flexibility index (Phi) is 9.22. The van der Waals surface area contributed by atoms with Gasteiger partial charge in [-0.1, -0.05) is 60.0 Å². The summed E-state index contributed by atoms with van der Waals surface area (Å²) < 4.78 is 6.90. The van der Waals surface area contributed by atoms with Crippen LogP contribution in [0, 0.1) is 5.41 Å². The Labute approximate surface area is 139 Å². The van der Waals surface area contributed by atoms with Gasteiger partial charge in [0.05, 0.1) is 5.60 Å². The first-order valence-electron chi connectivity index (χ1n) is 8.85. The minimum Gasteiger partial charge on any atom is -0.424 e.